The van der Waals surface area contributed by atoms with Gasteiger partial charge in [0.15, 0.2) is 0 Å². The molecule has 0 fully saturated rings. The number of aromatic nitrogens is 2. The Labute approximate surface area is 84.0 Å². The van der Waals surface area contributed by atoms with Crippen molar-refractivity contribution in [1.29, 1.82) is 0 Å². The smallest absolute Gasteiger partial charge is 0.135 e. The van der Waals surface area contributed by atoms with Crippen molar-refractivity contribution in [2.75, 3.05) is 19.0 Å². The van der Waals surface area contributed by atoms with Crippen LogP contribution in [-0.4, -0.2) is 29.8 Å². The average molecular weight is 193 g/mol. The van der Waals surface area contributed by atoms with Crippen molar-refractivity contribution in [3.05, 3.63) is 17.6 Å². The number of hydrogen-bond donors (Lipinski definition) is 0. The lowest BCUT2D eigenvalue weighted by molar-refractivity contribution is -0.116. The second kappa shape index (κ2) is 4.17. The van der Waals surface area contributed by atoms with E-state index in [4.69, 9.17) is 0 Å². The first-order chi connectivity index (χ1) is 6.49. The minimum atomic E-state index is 0.118. The predicted molar refractivity (Wildman–Crippen MR) is 55.5 cm³/mol. The van der Waals surface area contributed by atoms with E-state index >= 15 is 0 Å². The van der Waals surface area contributed by atoms with Crippen molar-refractivity contribution in [2.45, 2.75) is 20.3 Å². The molecule has 0 N–H and O–H groups in total. The zero-order valence-corrected chi connectivity index (χ0v) is 9.03. The zero-order chi connectivity index (χ0) is 10.7. The third-order valence-electron chi connectivity index (χ3n) is 1.77. The maximum Gasteiger partial charge on any atom is 0.135 e. The summed E-state index contributed by atoms with van der Waals surface area (Å²) in [6.07, 6.45) is 0.379. The summed E-state index contributed by atoms with van der Waals surface area (Å²) in [6.45, 7) is 3.39. The number of ketones is 1. The molecule has 0 unspecified atom stereocenters. The lowest BCUT2D eigenvalue weighted by atomic mass is 10.2. The van der Waals surface area contributed by atoms with Crippen LogP contribution in [0.3, 0.4) is 0 Å². The molecule has 0 saturated carbocycles. The highest BCUT2D eigenvalue weighted by Crippen LogP contribution is 2.09. The van der Waals surface area contributed by atoms with E-state index in [1.807, 2.05) is 32.0 Å². The average Bonchev–Trinajstić information content (AvgIpc) is 2.01. The Morgan fingerprint density at radius 1 is 1.43 bits per heavy atom. The largest absolute Gasteiger partial charge is 0.363 e. The van der Waals surface area contributed by atoms with Crippen LogP contribution < -0.4 is 4.90 Å². The van der Waals surface area contributed by atoms with Crippen molar-refractivity contribution in [2.24, 2.45) is 0 Å². The van der Waals surface area contributed by atoms with Crippen LogP contribution in [0.4, 0.5) is 5.82 Å². The summed E-state index contributed by atoms with van der Waals surface area (Å²) in [5.41, 5.74) is 0.786. The summed E-state index contributed by atoms with van der Waals surface area (Å²) in [6, 6.07) is 1.84. The Hall–Kier alpha value is -1.45. The number of nitrogens with zero attached hydrogens (tertiary/aromatic N) is 3. The summed E-state index contributed by atoms with van der Waals surface area (Å²) < 4.78 is 0. The van der Waals surface area contributed by atoms with Gasteiger partial charge in [0.25, 0.3) is 0 Å². The van der Waals surface area contributed by atoms with Gasteiger partial charge in [-0.3, -0.25) is 4.79 Å². The predicted octanol–water partition coefficient (Wildman–Crippen LogP) is 0.983. The summed E-state index contributed by atoms with van der Waals surface area (Å²) >= 11 is 0. The Morgan fingerprint density at radius 3 is 2.57 bits per heavy atom. The van der Waals surface area contributed by atoms with Crippen LogP contribution in [0.25, 0.3) is 0 Å². The molecule has 1 heterocycles. The van der Waals surface area contributed by atoms with Gasteiger partial charge < -0.3 is 4.90 Å². The van der Waals surface area contributed by atoms with Crippen LogP contribution in [0.2, 0.25) is 0 Å². The molecule has 0 radical (unpaired) electrons. The van der Waals surface area contributed by atoms with E-state index in [9.17, 15) is 4.79 Å². The highest BCUT2D eigenvalue weighted by atomic mass is 16.1. The normalized spacial score (nSPS) is 10.0. The van der Waals surface area contributed by atoms with Gasteiger partial charge in [-0.1, -0.05) is 0 Å². The van der Waals surface area contributed by atoms with Crippen LogP contribution in [0.5, 0.6) is 0 Å². The fourth-order valence-electron chi connectivity index (χ4n) is 1.19. The fourth-order valence-corrected chi connectivity index (χ4v) is 1.19. The monoisotopic (exact) mass is 193 g/mol. The van der Waals surface area contributed by atoms with E-state index in [-0.39, 0.29) is 5.78 Å². The van der Waals surface area contributed by atoms with Crippen molar-refractivity contribution >= 4 is 11.6 Å². The molecule has 0 amide bonds. The van der Waals surface area contributed by atoms with E-state index in [2.05, 4.69) is 9.97 Å². The second-order valence-corrected chi connectivity index (χ2v) is 3.54. The fraction of sp³-hybridized carbons (Fsp3) is 0.500. The summed E-state index contributed by atoms with van der Waals surface area (Å²) in [5, 5.41) is 0. The Morgan fingerprint density at radius 2 is 2.07 bits per heavy atom. The van der Waals surface area contributed by atoms with Crippen molar-refractivity contribution in [1.82, 2.24) is 9.97 Å². The third kappa shape index (κ3) is 2.80. The van der Waals surface area contributed by atoms with Gasteiger partial charge in [0.2, 0.25) is 0 Å². The van der Waals surface area contributed by atoms with E-state index in [1.165, 1.54) is 0 Å². The molecule has 0 aromatic carbocycles. The molecule has 1 aromatic heterocycles. The molecule has 0 aliphatic heterocycles. The number of anilines is 1. The number of carbonyl (C=O) groups is 1. The molecule has 76 valence electrons. The Balaban J connectivity index is 3.01. The maximum atomic E-state index is 10.9. The lowest BCUT2D eigenvalue weighted by Crippen LogP contribution is -2.13. The van der Waals surface area contributed by atoms with Crippen LogP contribution in [0.15, 0.2) is 6.07 Å². The lowest BCUT2D eigenvalue weighted by Gasteiger charge is -2.12. The van der Waals surface area contributed by atoms with Gasteiger partial charge in [-0.05, 0) is 13.8 Å². The molecule has 14 heavy (non-hydrogen) atoms. The standard InChI is InChI=1S/C10H15N3O/c1-7(14)5-9-6-10(13(3)4)12-8(2)11-9/h6H,5H2,1-4H3. The highest BCUT2D eigenvalue weighted by molar-refractivity contribution is 5.77. The number of hydrogen-bond acceptors (Lipinski definition) is 4. The molecule has 0 saturated heterocycles. The van der Waals surface area contributed by atoms with E-state index in [0.29, 0.717) is 12.2 Å². The molecule has 4 heteroatoms. The van der Waals surface area contributed by atoms with Crippen LogP contribution in [0, 0.1) is 6.92 Å². The van der Waals surface area contributed by atoms with E-state index in [1.54, 1.807) is 6.92 Å². The van der Waals surface area contributed by atoms with Gasteiger partial charge >= 0.3 is 0 Å². The van der Waals surface area contributed by atoms with Crippen molar-refractivity contribution in [3.63, 3.8) is 0 Å². The highest BCUT2D eigenvalue weighted by Gasteiger charge is 2.05. The van der Waals surface area contributed by atoms with Gasteiger partial charge in [-0.25, -0.2) is 9.97 Å². The summed E-state index contributed by atoms with van der Waals surface area (Å²) in [7, 11) is 3.83. The van der Waals surface area contributed by atoms with Crippen molar-refractivity contribution < 1.29 is 4.79 Å². The molecule has 0 bridgehead atoms. The Bertz CT molecular complexity index is 347. The molecule has 4 nitrogen and oxygen atoms in total. The molecular weight excluding hydrogens is 178 g/mol. The van der Waals surface area contributed by atoms with Crippen LogP contribution in [-0.2, 0) is 11.2 Å². The molecule has 0 aliphatic rings. The van der Waals surface area contributed by atoms with E-state index < -0.39 is 0 Å². The molecule has 1 aromatic rings. The minimum absolute atomic E-state index is 0.118. The summed E-state index contributed by atoms with van der Waals surface area (Å²) in [4.78, 5) is 21.3. The minimum Gasteiger partial charge on any atom is -0.363 e. The van der Waals surface area contributed by atoms with Crippen molar-refractivity contribution in [3.8, 4) is 0 Å². The third-order valence-corrected chi connectivity index (χ3v) is 1.77. The quantitative estimate of drug-likeness (QED) is 0.718. The molecular formula is C10H15N3O. The van der Waals surface area contributed by atoms with Gasteiger partial charge in [0.1, 0.15) is 17.4 Å². The number of rotatable bonds is 3. The van der Waals surface area contributed by atoms with Gasteiger partial charge in [0, 0.05) is 26.6 Å². The van der Waals surface area contributed by atoms with E-state index in [0.717, 1.165) is 11.5 Å². The summed E-state index contributed by atoms with van der Waals surface area (Å²) in [5.74, 6) is 1.66. The molecule has 0 atom stereocenters. The number of Topliss-reactive ketones (excluding diaryl/α,β-unsaturated/α-hetero) is 1. The topological polar surface area (TPSA) is 46.1 Å². The molecule has 1 rings (SSSR count). The number of aryl methyl sites for hydroxylation is 1. The first kappa shape index (κ1) is 10.6. The maximum absolute atomic E-state index is 10.9. The molecule has 0 spiro atoms. The first-order valence-electron chi connectivity index (χ1n) is 4.50. The van der Waals surface area contributed by atoms with Crippen LogP contribution >= 0.6 is 0 Å². The zero-order valence-electron chi connectivity index (χ0n) is 9.03. The number of carbonyl (C=O) groups excluding carboxylic acids is 1. The molecule has 0 aliphatic carbocycles. The van der Waals surface area contributed by atoms with Gasteiger partial charge in [0.05, 0.1) is 5.69 Å². The first-order valence-corrected chi connectivity index (χ1v) is 4.50. The van der Waals surface area contributed by atoms with Gasteiger partial charge in [-0.2, -0.15) is 0 Å². The Kier molecular flexibility index (Phi) is 3.17. The van der Waals surface area contributed by atoms with Crippen LogP contribution in [0.1, 0.15) is 18.4 Å². The SMILES string of the molecule is CC(=O)Cc1cc(N(C)C)nc(C)n1. The second-order valence-electron chi connectivity index (χ2n) is 3.54. The van der Waals surface area contributed by atoms with Gasteiger partial charge in [-0.15, -0.1) is 0 Å².